The summed E-state index contributed by atoms with van der Waals surface area (Å²) >= 11 is 0. The Balaban J connectivity index is 0.000000132. The number of nitrogens with two attached hydrogens (primary N) is 1. The van der Waals surface area contributed by atoms with Gasteiger partial charge in [0.05, 0.1) is 6.20 Å². The summed E-state index contributed by atoms with van der Waals surface area (Å²) in [4.78, 5) is 0. The summed E-state index contributed by atoms with van der Waals surface area (Å²) in [5.74, 6) is 0.398. The predicted octanol–water partition coefficient (Wildman–Crippen LogP) is 1.14. The van der Waals surface area contributed by atoms with Crippen LogP contribution in [0.1, 0.15) is 0 Å². The fraction of sp³-hybridized carbons (Fsp3) is 0. The number of benzene rings is 1. The Bertz CT molecular complexity index is 282. The minimum absolute atomic E-state index is 0.398. The van der Waals surface area contributed by atoms with Crippen LogP contribution in [0.4, 0.5) is 5.82 Å². The first-order chi connectivity index (χ1) is 6.39. The second kappa shape index (κ2) is 5.65. The SMILES string of the molecule is Nc1ccnnn1.c1ccccc1. The smallest absolute Gasteiger partial charge is 0.149 e. The minimum atomic E-state index is 0.398. The summed E-state index contributed by atoms with van der Waals surface area (Å²) in [7, 11) is 0. The van der Waals surface area contributed by atoms with Crippen LogP contribution < -0.4 is 5.73 Å². The molecule has 0 aliphatic carbocycles. The maximum absolute atomic E-state index is 5.14. The van der Waals surface area contributed by atoms with Crippen molar-refractivity contribution in [3.8, 4) is 0 Å². The highest BCUT2D eigenvalue weighted by Gasteiger charge is 1.76. The first-order valence-electron chi connectivity index (χ1n) is 3.79. The van der Waals surface area contributed by atoms with E-state index in [0.717, 1.165) is 0 Å². The molecule has 0 unspecified atom stereocenters. The average molecular weight is 174 g/mol. The molecule has 2 N–H and O–H groups in total. The van der Waals surface area contributed by atoms with Gasteiger partial charge in [-0.1, -0.05) is 36.4 Å². The van der Waals surface area contributed by atoms with Gasteiger partial charge in [-0.05, 0) is 5.21 Å². The zero-order valence-electron chi connectivity index (χ0n) is 7.04. The van der Waals surface area contributed by atoms with E-state index in [4.69, 9.17) is 5.73 Å². The molecule has 2 aromatic rings. The molecule has 0 saturated carbocycles. The first kappa shape index (κ1) is 9.12. The lowest BCUT2D eigenvalue weighted by Gasteiger charge is -1.80. The summed E-state index contributed by atoms with van der Waals surface area (Å²) in [6.45, 7) is 0. The largest absolute Gasteiger partial charge is 0.382 e. The summed E-state index contributed by atoms with van der Waals surface area (Å²) in [6, 6.07) is 13.6. The van der Waals surface area contributed by atoms with Crippen LogP contribution in [-0.4, -0.2) is 15.4 Å². The quantitative estimate of drug-likeness (QED) is 0.650. The monoisotopic (exact) mass is 174 g/mol. The highest BCUT2D eigenvalue weighted by Crippen LogP contribution is 1.83. The Morgan fingerprint density at radius 1 is 0.923 bits per heavy atom. The van der Waals surface area contributed by atoms with E-state index in [0.29, 0.717) is 5.82 Å². The zero-order valence-corrected chi connectivity index (χ0v) is 7.04. The number of nitrogens with zero attached hydrogens (tertiary/aromatic N) is 3. The summed E-state index contributed by atoms with van der Waals surface area (Å²) in [5, 5.41) is 10.1. The molecule has 13 heavy (non-hydrogen) atoms. The molecule has 0 fully saturated rings. The molecule has 66 valence electrons. The van der Waals surface area contributed by atoms with Crippen LogP contribution in [0.2, 0.25) is 0 Å². The lowest BCUT2D eigenvalue weighted by molar-refractivity contribution is 0.873. The van der Waals surface area contributed by atoms with Crippen molar-refractivity contribution in [3.63, 3.8) is 0 Å². The Morgan fingerprint density at radius 3 is 1.69 bits per heavy atom. The molecule has 0 atom stereocenters. The molecule has 1 heterocycles. The van der Waals surface area contributed by atoms with Gasteiger partial charge in [0, 0.05) is 6.07 Å². The van der Waals surface area contributed by atoms with Crippen molar-refractivity contribution in [3.05, 3.63) is 48.7 Å². The normalized spacial score (nSPS) is 8.31. The van der Waals surface area contributed by atoms with Gasteiger partial charge in [-0.2, -0.15) is 0 Å². The molecule has 0 radical (unpaired) electrons. The molecular formula is C9H10N4. The van der Waals surface area contributed by atoms with Gasteiger partial charge in [-0.15, -0.1) is 10.2 Å². The molecule has 0 aliphatic rings. The molecule has 1 aromatic heterocycles. The van der Waals surface area contributed by atoms with Crippen LogP contribution in [0.3, 0.4) is 0 Å². The van der Waals surface area contributed by atoms with Crippen LogP contribution in [0, 0.1) is 0 Å². The summed E-state index contributed by atoms with van der Waals surface area (Å²) < 4.78 is 0. The number of nitrogen functional groups attached to an aromatic ring is 1. The van der Waals surface area contributed by atoms with Crippen LogP contribution in [0.5, 0.6) is 0 Å². The Hall–Kier alpha value is -1.97. The first-order valence-corrected chi connectivity index (χ1v) is 3.79. The molecule has 1 aromatic carbocycles. The van der Waals surface area contributed by atoms with E-state index in [1.54, 1.807) is 6.07 Å². The predicted molar refractivity (Wildman–Crippen MR) is 50.7 cm³/mol. The van der Waals surface area contributed by atoms with Crippen molar-refractivity contribution in [2.75, 3.05) is 5.73 Å². The third-order valence-corrected chi connectivity index (χ3v) is 1.19. The highest BCUT2D eigenvalue weighted by atomic mass is 15.3. The number of rotatable bonds is 0. The lowest BCUT2D eigenvalue weighted by Crippen LogP contribution is -1.91. The van der Waals surface area contributed by atoms with Gasteiger partial charge in [0.15, 0.2) is 0 Å². The second-order valence-corrected chi connectivity index (χ2v) is 2.20. The third-order valence-electron chi connectivity index (χ3n) is 1.19. The fourth-order valence-corrected chi connectivity index (χ4v) is 0.635. The van der Waals surface area contributed by atoms with Crippen molar-refractivity contribution in [1.82, 2.24) is 15.4 Å². The molecule has 2 rings (SSSR count). The average Bonchev–Trinajstić information content (AvgIpc) is 2.22. The van der Waals surface area contributed by atoms with Crippen molar-refractivity contribution in [2.45, 2.75) is 0 Å². The fourth-order valence-electron chi connectivity index (χ4n) is 0.635. The van der Waals surface area contributed by atoms with E-state index >= 15 is 0 Å². The lowest BCUT2D eigenvalue weighted by atomic mass is 10.4. The topological polar surface area (TPSA) is 64.7 Å². The van der Waals surface area contributed by atoms with E-state index < -0.39 is 0 Å². The Labute approximate surface area is 76.4 Å². The Morgan fingerprint density at radius 2 is 1.46 bits per heavy atom. The van der Waals surface area contributed by atoms with E-state index in [9.17, 15) is 0 Å². The molecular weight excluding hydrogens is 164 g/mol. The third kappa shape index (κ3) is 4.47. The molecule has 0 bridgehead atoms. The van der Waals surface area contributed by atoms with Crippen molar-refractivity contribution < 1.29 is 0 Å². The highest BCUT2D eigenvalue weighted by molar-refractivity contribution is 5.21. The molecule has 0 aliphatic heterocycles. The number of hydrogen-bond acceptors (Lipinski definition) is 4. The van der Waals surface area contributed by atoms with Crippen molar-refractivity contribution >= 4 is 5.82 Å². The zero-order chi connectivity index (χ0) is 9.36. The number of hydrogen-bond donors (Lipinski definition) is 1. The standard InChI is InChI=1S/C6H6.C3H4N4/c1-2-4-6-5-3-1;4-3-1-2-5-7-6-3/h1-6H;1-2H,(H2,4,5,6). The van der Waals surface area contributed by atoms with Crippen LogP contribution in [-0.2, 0) is 0 Å². The molecule has 0 spiro atoms. The van der Waals surface area contributed by atoms with Gasteiger partial charge < -0.3 is 5.73 Å². The second-order valence-electron chi connectivity index (χ2n) is 2.20. The van der Waals surface area contributed by atoms with Gasteiger partial charge in [0.25, 0.3) is 0 Å². The van der Waals surface area contributed by atoms with Crippen LogP contribution in [0.15, 0.2) is 48.7 Å². The Kier molecular flexibility index (Phi) is 3.96. The van der Waals surface area contributed by atoms with Crippen molar-refractivity contribution in [2.24, 2.45) is 0 Å². The number of anilines is 1. The van der Waals surface area contributed by atoms with Crippen LogP contribution in [0.25, 0.3) is 0 Å². The van der Waals surface area contributed by atoms with Gasteiger partial charge in [-0.25, -0.2) is 0 Å². The van der Waals surface area contributed by atoms with E-state index in [1.165, 1.54) is 6.20 Å². The van der Waals surface area contributed by atoms with Gasteiger partial charge in [-0.3, -0.25) is 0 Å². The molecule has 4 nitrogen and oxygen atoms in total. The minimum Gasteiger partial charge on any atom is -0.382 e. The van der Waals surface area contributed by atoms with Crippen molar-refractivity contribution in [1.29, 1.82) is 0 Å². The molecule has 4 heteroatoms. The van der Waals surface area contributed by atoms with Gasteiger partial charge in [0.2, 0.25) is 0 Å². The molecule has 0 amide bonds. The maximum Gasteiger partial charge on any atom is 0.149 e. The number of aromatic nitrogens is 3. The van der Waals surface area contributed by atoms with E-state index in [1.807, 2.05) is 36.4 Å². The van der Waals surface area contributed by atoms with Crippen LogP contribution >= 0.6 is 0 Å². The van der Waals surface area contributed by atoms with E-state index in [-0.39, 0.29) is 0 Å². The summed E-state index contributed by atoms with van der Waals surface area (Å²) in [5.41, 5.74) is 5.14. The summed E-state index contributed by atoms with van der Waals surface area (Å²) in [6.07, 6.45) is 1.49. The van der Waals surface area contributed by atoms with Gasteiger partial charge >= 0.3 is 0 Å². The van der Waals surface area contributed by atoms with Gasteiger partial charge in [0.1, 0.15) is 5.82 Å². The maximum atomic E-state index is 5.14. The molecule has 0 saturated heterocycles. The van der Waals surface area contributed by atoms with E-state index in [2.05, 4.69) is 15.4 Å².